The number of nitrogens with one attached hydrogen (secondary N) is 2. The Hall–Kier alpha value is -2.22. The minimum atomic E-state index is -4.94. The second-order valence-corrected chi connectivity index (χ2v) is 9.98. The lowest BCUT2D eigenvalue weighted by Gasteiger charge is -2.22. The van der Waals surface area contributed by atoms with E-state index in [4.69, 9.17) is 22.9 Å². The van der Waals surface area contributed by atoms with Crippen LogP contribution < -0.4 is 33.6 Å². The molecular weight excluding hydrogens is 534 g/mol. The highest BCUT2D eigenvalue weighted by Crippen LogP contribution is 2.39. The predicted molar refractivity (Wildman–Crippen MR) is 148 cm³/mol. The normalized spacial score (nSPS) is 13.9. The molecule has 226 valence electrons. The number of rotatable bonds is 17. The van der Waals surface area contributed by atoms with Crippen LogP contribution in [0.2, 0.25) is 0 Å². The van der Waals surface area contributed by atoms with Gasteiger partial charge in [0, 0.05) is 12.1 Å². The van der Waals surface area contributed by atoms with E-state index in [1.165, 1.54) is 0 Å². The van der Waals surface area contributed by atoms with Crippen LogP contribution in [0.3, 0.4) is 0 Å². The lowest BCUT2D eigenvalue weighted by Crippen LogP contribution is -2.35. The van der Waals surface area contributed by atoms with E-state index in [-0.39, 0.29) is 29.3 Å². The first kappa shape index (κ1) is 34.0. The summed E-state index contributed by atoms with van der Waals surface area (Å²) in [6.07, 6.45) is -6.09. The summed E-state index contributed by atoms with van der Waals surface area (Å²) in [5.41, 5.74) is 21.8. The van der Waals surface area contributed by atoms with Gasteiger partial charge in [-0.1, -0.05) is 18.2 Å². The molecule has 0 heterocycles. The molecule has 40 heavy (non-hydrogen) atoms. The van der Waals surface area contributed by atoms with Gasteiger partial charge < -0.3 is 33.6 Å². The lowest BCUT2D eigenvalue weighted by molar-refractivity contribution is -0.143. The van der Waals surface area contributed by atoms with Crippen molar-refractivity contribution in [3.8, 4) is 11.1 Å². The summed E-state index contributed by atoms with van der Waals surface area (Å²) in [7, 11) is 0. The van der Waals surface area contributed by atoms with E-state index in [1.807, 2.05) is 6.07 Å². The SMILES string of the molecule is NCCCNC(CCN)Cc1cc(CC(CCN)NCCCN)cc(-c2cc(C(F)(F)F)cc(C(F)(F)F)c2)c1. The maximum atomic E-state index is 13.6. The molecule has 0 aliphatic carbocycles. The standard InChI is InChI=1S/C28H42F6N6/c29-27(30,31)23-16-22(17-24(18-23)28(32,33)34)21-12-19(14-25(3-7-37)39-9-1-5-35)11-20(13-21)15-26(4-8-38)40-10-2-6-36/h11-13,16-18,25-26,39-40H,1-10,14-15,35-38H2. The van der Waals surface area contributed by atoms with E-state index >= 15 is 0 Å². The zero-order chi connectivity index (χ0) is 29.8. The molecule has 2 rings (SSSR count). The molecule has 0 aliphatic rings. The van der Waals surface area contributed by atoms with Crippen LogP contribution in [0.15, 0.2) is 36.4 Å². The van der Waals surface area contributed by atoms with Gasteiger partial charge in [-0.15, -0.1) is 0 Å². The van der Waals surface area contributed by atoms with Crippen molar-refractivity contribution in [3.63, 3.8) is 0 Å². The second-order valence-electron chi connectivity index (χ2n) is 9.98. The van der Waals surface area contributed by atoms with Gasteiger partial charge in [0.1, 0.15) is 0 Å². The Balaban J connectivity index is 2.58. The summed E-state index contributed by atoms with van der Waals surface area (Å²) in [5.74, 6) is 0. The van der Waals surface area contributed by atoms with Gasteiger partial charge in [0.05, 0.1) is 11.1 Å². The zero-order valence-electron chi connectivity index (χ0n) is 22.7. The van der Waals surface area contributed by atoms with Crippen LogP contribution in [0.25, 0.3) is 11.1 Å². The highest BCUT2D eigenvalue weighted by atomic mass is 19.4. The highest BCUT2D eigenvalue weighted by molar-refractivity contribution is 5.67. The fourth-order valence-electron chi connectivity index (χ4n) is 4.63. The van der Waals surface area contributed by atoms with Crippen molar-refractivity contribution < 1.29 is 26.3 Å². The van der Waals surface area contributed by atoms with Gasteiger partial charge in [-0.05, 0) is 118 Å². The number of benzene rings is 2. The number of nitrogens with two attached hydrogens (primary N) is 4. The molecule has 0 bridgehead atoms. The summed E-state index contributed by atoms with van der Waals surface area (Å²) in [4.78, 5) is 0. The van der Waals surface area contributed by atoms with Crippen molar-refractivity contribution in [2.75, 3.05) is 39.3 Å². The zero-order valence-corrected chi connectivity index (χ0v) is 22.7. The molecule has 0 aromatic heterocycles. The van der Waals surface area contributed by atoms with E-state index in [0.29, 0.717) is 65.0 Å². The quantitative estimate of drug-likeness (QED) is 0.126. The molecule has 2 aromatic rings. The van der Waals surface area contributed by atoms with Crippen LogP contribution in [0.4, 0.5) is 26.3 Å². The Bertz CT molecular complexity index is 955. The van der Waals surface area contributed by atoms with Crippen LogP contribution in [0.5, 0.6) is 0 Å². The van der Waals surface area contributed by atoms with Crippen molar-refractivity contribution in [2.45, 2.75) is 63.0 Å². The Morgan fingerprint density at radius 2 is 0.950 bits per heavy atom. The third kappa shape index (κ3) is 11.3. The fourth-order valence-corrected chi connectivity index (χ4v) is 4.63. The van der Waals surface area contributed by atoms with Gasteiger partial charge in [0.15, 0.2) is 0 Å². The summed E-state index contributed by atoms with van der Waals surface area (Å²) >= 11 is 0. The highest BCUT2D eigenvalue weighted by Gasteiger charge is 2.37. The molecule has 0 fully saturated rings. The topological polar surface area (TPSA) is 128 Å². The Morgan fingerprint density at radius 3 is 1.30 bits per heavy atom. The van der Waals surface area contributed by atoms with E-state index in [1.54, 1.807) is 12.1 Å². The van der Waals surface area contributed by atoms with Crippen LogP contribution in [-0.2, 0) is 25.2 Å². The monoisotopic (exact) mass is 576 g/mol. The van der Waals surface area contributed by atoms with Crippen LogP contribution in [0, 0.1) is 0 Å². The van der Waals surface area contributed by atoms with Gasteiger partial charge >= 0.3 is 12.4 Å². The molecule has 2 atom stereocenters. The number of hydrogen-bond donors (Lipinski definition) is 6. The van der Waals surface area contributed by atoms with E-state index in [2.05, 4.69) is 10.6 Å². The van der Waals surface area contributed by atoms with Gasteiger partial charge in [-0.2, -0.15) is 26.3 Å². The summed E-state index contributed by atoms with van der Waals surface area (Å²) in [6, 6.07) is 6.89. The molecule has 10 N–H and O–H groups in total. The molecule has 0 amide bonds. The first-order valence-corrected chi connectivity index (χ1v) is 13.6. The molecule has 6 nitrogen and oxygen atoms in total. The predicted octanol–water partition coefficient (Wildman–Crippen LogP) is 3.79. The van der Waals surface area contributed by atoms with Crippen LogP contribution >= 0.6 is 0 Å². The fraction of sp³-hybridized carbons (Fsp3) is 0.571. The molecule has 0 spiro atoms. The van der Waals surface area contributed by atoms with E-state index in [0.717, 1.165) is 36.1 Å². The van der Waals surface area contributed by atoms with E-state index < -0.39 is 23.5 Å². The summed E-state index contributed by atoms with van der Waals surface area (Å²) in [5, 5.41) is 6.81. The largest absolute Gasteiger partial charge is 0.416 e. The van der Waals surface area contributed by atoms with Crippen molar-refractivity contribution >= 4 is 0 Å². The molecule has 12 heteroatoms. The van der Waals surface area contributed by atoms with Crippen molar-refractivity contribution in [3.05, 3.63) is 58.7 Å². The molecule has 0 saturated heterocycles. The van der Waals surface area contributed by atoms with Crippen LogP contribution in [0.1, 0.15) is 47.9 Å². The lowest BCUT2D eigenvalue weighted by atomic mass is 9.91. The molecular formula is C28H42F6N6. The van der Waals surface area contributed by atoms with Gasteiger partial charge in [0.25, 0.3) is 0 Å². The number of halogens is 6. The minimum Gasteiger partial charge on any atom is -0.330 e. The van der Waals surface area contributed by atoms with Crippen molar-refractivity contribution in [1.29, 1.82) is 0 Å². The maximum Gasteiger partial charge on any atom is 0.416 e. The summed E-state index contributed by atoms with van der Waals surface area (Å²) < 4.78 is 81.6. The average molecular weight is 577 g/mol. The smallest absolute Gasteiger partial charge is 0.330 e. The first-order chi connectivity index (χ1) is 18.9. The number of hydrogen-bond acceptors (Lipinski definition) is 6. The van der Waals surface area contributed by atoms with Crippen molar-refractivity contribution in [2.24, 2.45) is 22.9 Å². The third-order valence-corrected chi connectivity index (χ3v) is 6.60. The van der Waals surface area contributed by atoms with Gasteiger partial charge in [-0.3, -0.25) is 0 Å². The Labute approximate surface area is 232 Å². The van der Waals surface area contributed by atoms with Crippen LogP contribution in [-0.4, -0.2) is 51.4 Å². The van der Waals surface area contributed by atoms with E-state index in [9.17, 15) is 26.3 Å². The third-order valence-electron chi connectivity index (χ3n) is 6.60. The maximum absolute atomic E-state index is 13.6. The molecule has 2 unspecified atom stereocenters. The van der Waals surface area contributed by atoms with Gasteiger partial charge in [0.2, 0.25) is 0 Å². The second kappa shape index (κ2) is 16.3. The van der Waals surface area contributed by atoms with Gasteiger partial charge in [-0.25, -0.2) is 0 Å². The Kier molecular flexibility index (Phi) is 13.8. The first-order valence-electron chi connectivity index (χ1n) is 13.6. The average Bonchev–Trinajstić information content (AvgIpc) is 2.88. The summed E-state index contributed by atoms with van der Waals surface area (Å²) in [6.45, 7) is 3.19. The molecule has 0 radical (unpaired) electrons. The molecule has 0 aliphatic heterocycles. The number of alkyl halides is 6. The molecule has 2 aromatic carbocycles. The molecule has 0 saturated carbocycles. The Morgan fingerprint density at radius 1 is 0.550 bits per heavy atom. The minimum absolute atomic E-state index is 0.0330. The van der Waals surface area contributed by atoms with Crippen molar-refractivity contribution in [1.82, 2.24) is 10.6 Å².